The van der Waals surface area contributed by atoms with Crippen LogP contribution in [-0.4, -0.2) is 34.7 Å². The minimum atomic E-state index is -0.146. The van der Waals surface area contributed by atoms with Gasteiger partial charge in [0.1, 0.15) is 11.4 Å². The van der Waals surface area contributed by atoms with Crippen LogP contribution in [0.4, 0.5) is 5.95 Å². The molecule has 1 amide bonds. The minimum absolute atomic E-state index is 0.0943. The van der Waals surface area contributed by atoms with Gasteiger partial charge in [-0.25, -0.2) is 4.98 Å². The first-order valence-electron chi connectivity index (χ1n) is 7.58. The average molecular weight is 319 g/mol. The molecule has 0 atom stereocenters. The molecule has 2 N–H and O–H groups in total. The number of aromatic nitrogens is 3. The van der Waals surface area contributed by atoms with Gasteiger partial charge in [0.2, 0.25) is 11.9 Å². The molecule has 0 saturated carbocycles. The van der Waals surface area contributed by atoms with Gasteiger partial charge in [-0.05, 0) is 0 Å². The highest BCUT2D eigenvalue weighted by atomic mass is 16.1. The van der Waals surface area contributed by atoms with Gasteiger partial charge in [0.05, 0.1) is 6.54 Å². The minimum Gasteiger partial charge on any atom is -0.358 e. The van der Waals surface area contributed by atoms with Crippen LogP contribution in [0.15, 0.2) is 60.7 Å². The molecule has 6 heteroatoms. The SMILES string of the molecule is CNC(=O)CNc1nnc(-c2ccccc2)c(-c2ccccc2)n1. The third kappa shape index (κ3) is 3.55. The molecule has 0 fully saturated rings. The van der Waals surface area contributed by atoms with Crippen LogP contribution in [0.5, 0.6) is 0 Å². The first-order chi connectivity index (χ1) is 11.8. The Balaban J connectivity index is 2.02. The van der Waals surface area contributed by atoms with Gasteiger partial charge in [0.15, 0.2) is 0 Å². The summed E-state index contributed by atoms with van der Waals surface area (Å²) in [6.45, 7) is 0.0943. The van der Waals surface area contributed by atoms with Gasteiger partial charge in [-0.3, -0.25) is 4.79 Å². The predicted molar refractivity (Wildman–Crippen MR) is 93.3 cm³/mol. The summed E-state index contributed by atoms with van der Waals surface area (Å²) in [4.78, 5) is 15.9. The van der Waals surface area contributed by atoms with Crippen LogP contribution in [0.3, 0.4) is 0 Å². The molecule has 0 spiro atoms. The topological polar surface area (TPSA) is 79.8 Å². The smallest absolute Gasteiger partial charge is 0.243 e. The molecule has 24 heavy (non-hydrogen) atoms. The maximum absolute atomic E-state index is 11.4. The van der Waals surface area contributed by atoms with Crippen molar-refractivity contribution in [1.29, 1.82) is 0 Å². The van der Waals surface area contributed by atoms with E-state index in [9.17, 15) is 4.79 Å². The number of anilines is 1. The Bertz CT molecular complexity index is 821. The third-order valence-corrected chi connectivity index (χ3v) is 3.47. The second-order valence-corrected chi connectivity index (χ2v) is 5.09. The highest BCUT2D eigenvalue weighted by Crippen LogP contribution is 2.28. The van der Waals surface area contributed by atoms with Crippen molar-refractivity contribution in [3.05, 3.63) is 60.7 Å². The Morgan fingerprint density at radius 1 is 0.875 bits per heavy atom. The second kappa shape index (κ2) is 7.32. The van der Waals surface area contributed by atoms with Gasteiger partial charge in [-0.2, -0.15) is 0 Å². The number of nitrogens with zero attached hydrogens (tertiary/aromatic N) is 3. The van der Waals surface area contributed by atoms with Crippen molar-refractivity contribution in [3.8, 4) is 22.5 Å². The molecule has 1 heterocycles. The average Bonchev–Trinajstić information content (AvgIpc) is 2.67. The van der Waals surface area contributed by atoms with Crippen LogP contribution < -0.4 is 10.6 Å². The van der Waals surface area contributed by atoms with Crippen molar-refractivity contribution >= 4 is 11.9 Å². The van der Waals surface area contributed by atoms with E-state index in [1.165, 1.54) is 0 Å². The van der Waals surface area contributed by atoms with E-state index in [1.807, 2.05) is 60.7 Å². The largest absolute Gasteiger partial charge is 0.358 e. The fourth-order valence-corrected chi connectivity index (χ4v) is 2.24. The number of likely N-dealkylation sites (N-methyl/N-ethyl adjacent to an activating group) is 1. The first-order valence-corrected chi connectivity index (χ1v) is 7.58. The molecular formula is C18H17N5O. The van der Waals surface area contributed by atoms with Gasteiger partial charge in [0, 0.05) is 18.2 Å². The summed E-state index contributed by atoms with van der Waals surface area (Å²) in [5, 5.41) is 13.8. The van der Waals surface area contributed by atoms with E-state index in [0.29, 0.717) is 11.6 Å². The lowest BCUT2D eigenvalue weighted by atomic mass is 10.0. The summed E-state index contributed by atoms with van der Waals surface area (Å²) in [5.74, 6) is 0.170. The Kier molecular flexibility index (Phi) is 4.76. The van der Waals surface area contributed by atoms with Gasteiger partial charge >= 0.3 is 0 Å². The first kappa shape index (κ1) is 15.6. The molecule has 3 rings (SSSR count). The Hall–Kier alpha value is -3.28. The number of rotatable bonds is 5. The Labute approximate surface area is 140 Å². The van der Waals surface area contributed by atoms with Crippen LogP contribution in [-0.2, 0) is 4.79 Å². The molecule has 1 aromatic heterocycles. The fourth-order valence-electron chi connectivity index (χ4n) is 2.24. The van der Waals surface area contributed by atoms with Gasteiger partial charge in [-0.1, -0.05) is 60.7 Å². The van der Waals surface area contributed by atoms with E-state index < -0.39 is 0 Å². The standard InChI is InChI=1S/C18H17N5O/c1-19-15(24)12-20-18-21-16(13-8-4-2-5-9-13)17(22-23-18)14-10-6-3-7-11-14/h2-11H,12H2,1H3,(H,19,24)(H,20,21,23). The van der Waals surface area contributed by atoms with Crippen LogP contribution in [0.1, 0.15) is 0 Å². The molecule has 0 unspecified atom stereocenters. The van der Waals surface area contributed by atoms with E-state index in [2.05, 4.69) is 25.8 Å². The maximum atomic E-state index is 11.4. The van der Waals surface area contributed by atoms with Crippen LogP contribution in [0, 0.1) is 0 Å². The van der Waals surface area contributed by atoms with Gasteiger partial charge in [0.25, 0.3) is 0 Å². The van der Waals surface area contributed by atoms with Crippen molar-refractivity contribution in [2.45, 2.75) is 0 Å². The Morgan fingerprint density at radius 3 is 2.04 bits per heavy atom. The van der Waals surface area contributed by atoms with E-state index in [1.54, 1.807) is 7.05 Å². The van der Waals surface area contributed by atoms with E-state index >= 15 is 0 Å². The Morgan fingerprint density at radius 2 is 1.46 bits per heavy atom. The molecule has 0 saturated heterocycles. The summed E-state index contributed by atoms with van der Waals surface area (Å²) in [6.07, 6.45) is 0. The number of hydrogen-bond donors (Lipinski definition) is 2. The zero-order chi connectivity index (χ0) is 16.8. The number of nitrogens with one attached hydrogen (secondary N) is 2. The molecule has 0 aliphatic heterocycles. The van der Waals surface area contributed by atoms with Crippen molar-refractivity contribution in [3.63, 3.8) is 0 Å². The maximum Gasteiger partial charge on any atom is 0.243 e. The van der Waals surface area contributed by atoms with Crippen molar-refractivity contribution < 1.29 is 4.79 Å². The van der Waals surface area contributed by atoms with Gasteiger partial charge in [-0.15, -0.1) is 10.2 Å². The number of carbonyl (C=O) groups is 1. The zero-order valence-electron chi connectivity index (χ0n) is 13.2. The van der Waals surface area contributed by atoms with Crippen LogP contribution in [0.2, 0.25) is 0 Å². The van der Waals surface area contributed by atoms with Crippen LogP contribution >= 0.6 is 0 Å². The van der Waals surface area contributed by atoms with Crippen molar-refractivity contribution in [2.24, 2.45) is 0 Å². The fraction of sp³-hybridized carbons (Fsp3) is 0.111. The molecular weight excluding hydrogens is 302 g/mol. The van der Waals surface area contributed by atoms with Gasteiger partial charge < -0.3 is 10.6 Å². The lowest BCUT2D eigenvalue weighted by Crippen LogP contribution is -2.26. The third-order valence-electron chi connectivity index (χ3n) is 3.47. The zero-order valence-corrected chi connectivity index (χ0v) is 13.2. The number of amides is 1. The monoisotopic (exact) mass is 319 g/mol. The second-order valence-electron chi connectivity index (χ2n) is 5.09. The quantitative estimate of drug-likeness (QED) is 0.754. The van der Waals surface area contributed by atoms with E-state index in [-0.39, 0.29) is 12.5 Å². The van der Waals surface area contributed by atoms with E-state index in [0.717, 1.165) is 16.8 Å². The molecule has 6 nitrogen and oxygen atoms in total. The van der Waals surface area contributed by atoms with Crippen LogP contribution in [0.25, 0.3) is 22.5 Å². The highest BCUT2D eigenvalue weighted by Gasteiger charge is 2.13. The van der Waals surface area contributed by atoms with Crippen molar-refractivity contribution in [2.75, 3.05) is 18.9 Å². The molecule has 0 aliphatic carbocycles. The summed E-state index contributed by atoms with van der Waals surface area (Å²) >= 11 is 0. The highest BCUT2D eigenvalue weighted by molar-refractivity contribution is 5.80. The predicted octanol–water partition coefficient (Wildman–Crippen LogP) is 2.36. The normalized spacial score (nSPS) is 10.2. The summed E-state index contributed by atoms with van der Waals surface area (Å²) in [5.41, 5.74) is 3.30. The summed E-state index contributed by atoms with van der Waals surface area (Å²) in [6, 6.07) is 19.6. The molecule has 0 radical (unpaired) electrons. The summed E-state index contributed by atoms with van der Waals surface area (Å²) < 4.78 is 0. The molecule has 120 valence electrons. The lowest BCUT2D eigenvalue weighted by Gasteiger charge is -2.10. The van der Waals surface area contributed by atoms with E-state index in [4.69, 9.17) is 0 Å². The number of benzene rings is 2. The lowest BCUT2D eigenvalue weighted by molar-refractivity contribution is -0.118. The number of hydrogen-bond acceptors (Lipinski definition) is 5. The number of carbonyl (C=O) groups excluding carboxylic acids is 1. The molecule has 3 aromatic rings. The summed E-state index contributed by atoms with van der Waals surface area (Å²) in [7, 11) is 1.58. The van der Waals surface area contributed by atoms with Crippen molar-refractivity contribution in [1.82, 2.24) is 20.5 Å². The molecule has 0 bridgehead atoms. The molecule has 0 aliphatic rings. The molecule has 2 aromatic carbocycles.